The van der Waals surface area contributed by atoms with Crippen molar-refractivity contribution >= 4 is 27.3 Å². The summed E-state index contributed by atoms with van der Waals surface area (Å²) in [6.45, 7) is 3.03. The van der Waals surface area contributed by atoms with Crippen molar-refractivity contribution in [2.45, 2.75) is 13.3 Å². The van der Waals surface area contributed by atoms with E-state index >= 15 is 0 Å². The van der Waals surface area contributed by atoms with Crippen molar-refractivity contribution < 1.29 is 0 Å². The summed E-state index contributed by atoms with van der Waals surface area (Å²) in [5, 5.41) is 3.37. The molecular formula is C15H17BrN2. The first-order valence-electron chi connectivity index (χ1n) is 6.00. The summed E-state index contributed by atoms with van der Waals surface area (Å²) in [7, 11) is 0. The van der Waals surface area contributed by atoms with Crippen LogP contribution in [0.5, 0.6) is 0 Å². The molecule has 0 bridgehead atoms. The summed E-state index contributed by atoms with van der Waals surface area (Å²) in [6, 6.07) is 14.4. The van der Waals surface area contributed by atoms with E-state index in [1.54, 1.807) is 0 Å². The normalized spacial score (nSPS) is 10.3. The van der Waals surface area contributed by atoms with E-state index in [-0.39, 0.29) is 0 Å². The van der Waals surface area contributed by atoms with Crippen LogP contribution < -0.4 is 11.1 Å². The third kappa shape index (κ3) is 3.26. The molecule has 0 saturated heterocycles. The Labute approximate surface area is 116 Å². The average molecular weight is 305 g/mol. The second-order valence-corrected chi connectivity index (χ2v) is 5.25. The molecule has 3 heteroatoms. The number of halogens is 1. The molecule has 2 aromatic carbocycles. The molecule has 0 fully saturated rings. The zero-order valence-corrected chi connectivity index (χ0v) is 12.0. The molecule has 94 valence electrons. The van der Waals surface area contributed by atoms with Crippen LogP contribution in [-0.4, -0.2) is 6.54 Å². The van der Waals surface area contributed by atoms with E-state index in [2.05, 4.69) is 52.4 Å². The second-order valence-electron chi connectivity index (χ2n) is 4.33. The van der Waals surface area contributed by atoms with Crippen molar-refractivity contribution in [3.05, 3.63) is 58.1 Å². The number of anilines is 2. The summed E-state index contributed by atoms with van der Waals surface area (Å²) in [5.41, 5.74) is 10.4. The lowest BCUT2D eigenvalue weighted by molar-refractivity contribution is 1.01. The molecule has 18 heavy (non-hydrogen) atoms. The number of benzene rings is 2. The van der Waals surface area contributed by atoms with Gasteiger partial charge in [0.1, 0.15) is 0 Å². The number of nitrogens with one attached hydrogen (secondary N) is 1. The minimum atomic E-state index is 0.772. The molecule has 2 aromatic rings. The molecule has 0 aromatic heterocycles. The van der Waals surface area contributed by atoms with Crippen molar-refractivity contribution in [3.8, 4) is 0 Å². The summed E-state index contributed by atoms with van der Waals surface area (Å²) >= 11 is 3.40. The Kier molecular flexibility index (Phi) is 4.26. The highest BCUT2D eigenvalue weighted by Crippen LogP contribution is 2.22. The summed E-state index contributed by atoms with van der Waals surface area (Å²) in [6.07, 6.45) is 1.00. The molecule has 0 saturated carbocycles. The quantitative estimate of drug-likeness (QED) is 0.838. The van der Waals surface area contributed by atoms with Gasteiger partial charge in [0.05, 0.1) is 11.4 Å². The van der Waals surface area contributed by atoms with E-state index in [0.717, 1.165) is 28.8 Å². The standard InChI is InChI=1S/C15H17BrN2/c1-11-4-2-3-5-12(11)8-9-18-15-7-6-13(16)10-14(15)17/h2-7,10,18H,8-9,17H2,1H3. The molecule has 0 aliphatic carbocycles. The van der Waals surface area contributed by atoms with E-state index in [9.17, 15) is 0 Å². The highest BCUT2D eigenvalue weighted by Gasteiger charge is 2.00. The topological polar surface area (TPSA) is 38.0 Å². The van der Waals surface area contributed by atoms with Crippen LogP contribution in [-0.2, 0) is 6.42 Å². The first-order valence-corrected chi connectivity index (χ1v) is 6.79. The predicted octanol–water partition coefficient (Wildman–Crippen LogP) is 3.99. The number of hydrogen-bond acceptors (Lipinski definition) is 2. The van der Waals surface area contributed by atoms with Crippen LogP contribution in [0.15, 0.2) is 46.9 Å². The molecule has 0 amide bonds. The predicted molar refractivity (Wildman–Crippen MR) is 81.9 cm³/mol. The largest absolute Gasteiger partial charge is 0.397 e. The van der Waals surface area contributed by atoms with Gasteiger partial charge in [0.15, 0.2) is 0 Å². The van der Waals surface area contributed by atoms with Crippen molar-refractivity contribution in [2.75, 3.05) is 17.6 Å². The van der Waals surface area contributed by atoms with Gasteiger partial charge in [0.2, 0.25) is 0 Å². The van der Waals surface area contributed by atoms with Crippen LogP contribution in [0.4, 0.5) is 11.4 Å². The van der Waals surface area contributed by atoms with Crippen LogP contribution >= 0.6 is 15.9 Å². The van der Waals surface area contributed by atoms with Gasteiger partial charge in [-0.15, -0.1) is 0 Å². The van der Waals surface area contributed by atoms with Crippen LogP contribution in [0, 0.1) is 6.92 Å². The lowest BCUT2D eigenvalue weighted by atomic mass is 10.1. The molecule has 0 heterocycles. The summed E-state index contributed by atoms with van der Waals surface area (Å²) in [4.78, 5) is 0. The van der Waals surface area contributed by atoms with Crippen LogP contribution in [0.25, 0.3) is 0 Å². The highest BCUT2D eigenvalue weighted by atomic mass is 79.9. The number of aryl methyl sites for hydroxylation is 1. The van der Waals surface area contributed by atoms with Gasteiger partial charge >= 0.3 is 0 Å². The molecule has 0 radical (unpaired) electrons. The lowest BCUT2D eigenvalue weighted by Gasteiger charge is -2.10. The van der Waals surface area contributed by atoms with E-state index < -0.39 is 0 Å². The van der Waals surface area contributed by atoms with E-state index in [1.165, 1.54) is 11.1 Å². The molecule has 0 unspecified atom stereocenters. The Hall–Kier alpha value is -1.48. The maximum Gasteiger partial charge on any atom is 0.0574 e. The van der Waals surface area contributed by atoms with Crippen molar-refractivity contribution in [1.82, 2.24) is 0 Å². The molecule has 2 nitrogen and oxygen atoms in total. The maximum absolute atomic E-state index is 5.94. The Morgan fingerprint density at radius 3 is 2.67 bits per heavy atom. The van der Waals surface area contributed by atoms with E-state index in [0.29, 0.717) is 0 Å². The van der Waals surface area contributed by atoms with Crippen molar-refractivity contribution in [1.29, 1.82) is 0 Å². The Balaban J connectivity index is 1.95. The van der Waals surface area contributed by atoms with E-state index in [4.69, 9.17) is 5.73 Å². The molecule has 0 aliphatic rings. The first-order chi connectivity index (χ1) is 8.66. The van der Waals surface area contributed by atoms with Gasteiger partial charge < -0.3 is 11.1 Å². The summed E-state index contributed by atoms with van der Waals surface area (Å²) < 4.78 is 1.00. The van der Waals surface area contributed by atoms with Gasteiger partial charge in [0, 0.05) is 11.0 Å². The molecule has 0 spiro atoms. The minimum absolute atomic E-state index is 0.772. The Morgan fingerprint density at radius 2 is 1.94 bits per heavy atom. The van der Waals surface area contributed by atoms with Crippen LogP contribution in [0.3, 0.4) is 0 Å². The molecule has 3 N–H and O–H groups in total. The number of nitrogen functional groups attached to an aromatic ring is 1. The Bertz CT molecular complexity index is 538. The third-order valence-electron chi connectivity index (χ3n) is 2.98. The van der Waals surface area contributed by atoms with Crippen molar-refractivity contribution in [2.24, 2.45) is 0 Å². The fourth-order valence-electron chi connectivity index (χ4n) is 1.92. The lowest BCUT2D eigenvalue weighted by Crippen LogP contribution is -2.07. The zero-order chi connectivity index (χ0) is 13.0. The summed E-state index contributed by atoms with van der Waals surface area (Å²) in [5.74, 6) is 0. The van der Waals surface area contributed by atoms with Gasteiger partial charge in [-0.3, -0.25) is 0 Å². The molecular weight excluding hydrogens is 288 g/mol. The smallest absolute Gasteiger partial charge is 0.0574 e. The minimum Gasteiger partial charge on any atom is -0.397 e. The third-order valence-corrected chi connectivity index (χ3v) is 3.48. The molecule has 0 atom stereocenters. The Morgan fingerprint density at radius 1 is 1.17 bits per heavy atom. The number of rotatable bonds is 4. The molecule has 2 rings (SSSR count). The fraction of sp³-hybridized carbons (Fsp3) is 0.200. The van der Waals surface area contributed by atoms with Crippen LogP contribution in [0.1, 0.15) is 11.1 Å². The second kappa shape index (κ2) is 5.91. The highest BCUT2D eigenvalue weighted by molar-refractivity contribution is 9.10. The number of nitrogens with two attached hydrogens (primary N) is 1. The number of hydrogen-bond donors (Lipinski definition) is 2. The van der Waals surface area contributed by atoms with E-state index in [1.807, 2.05) is 18.2 Å². The van der Waals surface area contributed by atoms with Gasteiger partial charge in [-0.25, -0.2) is 0 Å². The average Bonchev–Trinajstić information content (AvgIpc) is 2.34. The monoisotopic (exact) mass is 304 g/mol. The van der Waals surface area contributed by atoms with Gasteiger partial charge in [-0.1, -0.05) is 40.2 Å². The van der Waals surface area contributed by atoms with Gasteiger partial charge in [0.25, 0.3) is 0 Å². The molecule has 0 aliphatic heterocycles. The van der Waals surface area contributed by atoms with Gasteiger partial charge in [-0.05, 0) is 42.7 Å². The SMILES string of the molecule is Cc1ccccc1CCNc1ccc(Br)cc1N. The van der Waals surface area contributed by atoms with Crippen molar-refractivity contribution in [3.63, 3.8) is 0 Å². The first kappa shape index (κ1) is 13.0. The maximum atomic E-state index is 5.94. The fourth-order valence-corrected chi connectivity index (χ4v) is 2.30. The van der Waals surface area contributed by atoms with Gasteiger partial charge in [-0.2, -0.15) is 0 Å². The zero-order valence-electron chi connectivity index (χ0n) is 10.4. The van der Waals surface area contributed by atoms with Crippen LogP contribution in [0.2, 0.25) is 0 Å².